The second-order valence-electron chi connectivity index (χ2n) is 7.69. The first kappa shape index (κ1) is 15.2. The molecule has 1 rings (SSSR count). The van der Waals surface area contributed by atoms with Gasteiger partial charge in [-0.05, 0) is 44.8 Å². The smallest absolute Gasteiger partial charge is 0.192 e. The van der Waals surface area contributed by atoms with Crippen LogP contribution in [-0.4, -0.2) is 26.5 Å². The Bertz CT molecular complexity index is 255. The van der Waals surface area contributed by atoms with Gasteiger partial charge in [0.25, 0.3) is 0 Å². The van der Waals surface area contributed by atoms with Crippen molar-refractivity contribution in [1.82, 2.24) is 5.32 Å². The SMILES string of the molecule is CC1(C)CCC[C@@H](CO[Si](C)(C)C(C)(C)C)N1. The van der Waals surface area contributed by atoms with Gasteiger partial charge in [0.1, 0.15) is 0 Å². The van der Waals surface area contributed by atoms with Crippen LogP contribution in [0.3, 0.4) is 0 Å². The van der Waals surface area contributed by atoms with Gasteiger partial charge in [-0.25, -0.2) is 0 Å². The van der Waals surface area contributed by atoms with Gasteiger partial charge in [-0.3, -0.25) is 0 Å². The Balaban J connectivity index is 2.46. The summed E-state index contributed by atoms with van der Waals surface area (Å²) >= 11 is 0. The third-order valence-electron chi connectivity index (χ3n) is 4.40. The fraction of sp³-hybridized carbons (Fsp3) is 1.00. The molecular formula is C14H31NOSi. The van der Waals surface area contributed by atoms with Crippen molar-refractivity contribution in [3.63, 3.8) is 0 Å². The van der Waals surface area contributed by atoms with Crippen molar-refractivity contribution in [2.45, 2.75) is 83.6 Å². The largest absolute Gasteiger partial charge is 0.415 e. The number of hydrogen-bond acceptors (Lipinski definition) is 2. The van der Waals surface area contributed by atoms with E-state index in [1.54, 1.807) is 0 Å². The van der Waals surface area contributed by atoms with Crippen molar-refractivity contribution in [3.8, 4) is 0 Å². The zero-order valence-electron chi connectivity index (χ0n) is 12.8. The summed E-state index contributed by atoms with van der Waals surface area (Å²) < 4.78 is 6.30. The highest BCUT2D eigenvalue weighted by Crippen LogP contribution is 2.36. The molecule has 0 amide bonds. The van der Waals surface area contributed by atoms with Gasteiger partial charge in [-0.1, -0.05) is 27.2 Å². The van der Waals surface area contributed by atoms with Gasteiger partial charge in [-0.15, -0.1) is 0 Å². The summed E-state index contributed by atoms with van der Waals surface area (Å²) in [5.74, 6) is 0. The Morgan fingerprint density at radius 1 is 1.29 bits per heavy atom. The van der Waals surface area contributed by atoms with E-state index >= 15 is 0 Å². The van der Waals surface area contributed by atoms with E-state index < -0.39 is 8.32 Å². The monoisotopic (exact) mass is 257 g/mol. The quantitative estimate of drug-likeness (QED) is 0.774. The molecule has 1 saturated heterocycles. The molecule has 17 heavy (non-hydrogen) atoms. The number of piperidine rings is 1. The zero-order valence-corrected chi connectivity index (χ0v) is 13.8. The summed E-state index contributed by atoms with van der Waals surface area (Å²) in [4.78, 5) is 0. The lowest BCUT2D eigenvalue weighted by Crippen LogP contribution is -2.53. The Morgan fingerprint density at radius 2 is 1.88 bits per heavy atom. The van der Waals surface area contributed by atoms with Gasteiger partial charge in [0.2, 0.25) is 0 Å². The summed E-state index contributed by atoms with van der Waals surface area (Å²) in [6.07, 6.45) is 3.87. The van der Waals surface area contributed by atoms with E-state index in [2.05, 4.69) is 53.0 Å². The molecule has 2 nitrogen and oxygen atoms in total. The molecule has 1 aliphatic rings. The number of hydrogen-bond donors (Lipinski definition) is 1. The van der Waals surface area contributed by atoms with E-state index in [-0.39, 0.29) is 0 Å². The lowest BCUT2D eigenvalue weighted by molar-refractivity contribution is 0.169. The second-order valence-corrected chi connectivity index (χ2v) is 12.5. The summed E-state index contributed by atoms with van der Waals surface area (Å²) in [6, 6.07) is 0.549. The lowest BCUT2D eigenvalue weighted by Gasteiger charge is -2.41. The van der Waals surface area contributed by atoms with Crippen LogP contribution in [0, 0.1) is 0 Å². The van der Waals surface area contributed by atoms with Crippen LogP contribution in [-0.2, 0) is 4.43 Å². The van der Waals surface area contributed by atoms with E-state index in [1.807, 2.05) is 0 Å². The van der Waals surface area contributed by atoms with Crippen LogP contribution in [0.25, 0.3) is 0 Å². The minimum Gasteiger partial charge on any atom is -0.415 e. The standard InChI is InChI=1S/C14H31NOSi/c1-13(2,3)17(6,7)16-11-12-9-8-10-14(4,5)15-12/h12,15H,8-11H2,1-7H3/t12-/m0/s1. The van der Waals surface area contributed by atoms with Gasteiger partial charge >= 0.3 is 0 Å². The maximum absolute atomic E-state index is 6.30. The molecule has 0 radical (unpaired) electrons. The highest BCUT2D eigenvalue weighted by Gasteiger charge is 2.38. The molecule has 0 bridgehead atoms. The van der Waals surface area contributed by atoms with Gasteiger partial charge < -0.3 is 9.74 Å². The Morgan fingerprint density at radius 3 is 2.35 bits per heavy atom. The van der Waals surface area contributed by atoms with Gasteiger partial charge in [0.15, 0.2) is 8.32 Å². The molecule has 3 heteroatoms. The third-order valence-corrected chi connectivity index (χ3v) is 8.90. The molecule has 1 aliphatic heterocycles. The molecule has 0 saturated carbocycles. The highest BCUT2D eigenvalue weighted by molar-refractivity contribution is 6.74. The molecule has 0 spiro atoms. The van der Waals surface area contributed by atoms with E-state index in [0.29, 0.717) is 16.6 Å². The molecule has 0 aromatic rings. The molecule has 1 heterocycles. The molecule has 1 atom stereocenters. The van der Waals surface area contributed by atoms with E-state index in [4.69, 9.17) is 4.43 Å². The molecule has 1 fully saturated rings. The van der Waals surface area contributed by atoms with Crippen molar-refractivity contribution < 1.29 is 4.43 Å². The van der Waals surface area contributed by atoms with Crippen molar-refractivity contribution in [2.75, 3.05) is 6.61 Å². The fourth-order valence-electron chi connectivity index (χ4n) is 2.14. The first-order chi connectivity index (χ1) is 7.54. The van der Waals surface area contributed by atoms with Crippen LogP contribution in [0.15, 0.2) is 0 Å². The molecule has 1 N–H and O–H groups in total. The van der Waals surface area contributed by atoms with Crippen LogP contribution in [0.1, 0.15) is 53.9 Å². The average Bonchev–Trinajstić information content (AvgIpc) is 2.11. The summed E-state index contributed by atoms with van der Waals surface area (Å²) in [6.45, 7) is 17.1. The molecule has 0 aromatic carbocycles. The normalized spacial score (nSPS) is 25.9. The van der Waals surface area contributed by atoms with Crippen LogP contribution in [0.4, 0.5) is 0 Å². The van der Waals surface area contributed by atoms with Gasteiger partial charge in [0.05, 0.1) is 0 Å². The van der Waals surface area contributed by atoms with Crippen LogP contribution in [0.5, 0.6) is 0 Å². The minimum absolute atomic E-state index is 0.291. The zero-order chi connectivity index (χ0) is 13.3. The maximum Gasteiger partial charge on any atom is 0.192 e. The molecular weight excluding hydrogens is 226 g/mol. The predicted octanol–water partition coefficient (Wildman–Crippen LogP) is 3.93. The Kier molecular flexibility index (Phi) is 4.49. The van der Waals surface area contributed by atoms with Gasteiger partial charge in [0, 0.05) is 18.2 Å². The van der Waals surface area contributed by atoms with E-state index in [1.165, 1.54) is 19.3 Å². The van der Waals surface area contributed by atoms with Crippen LogP contribution in [0.2, 0.25) is 18.1 Å². The molecule has 0 aliphatic carbocycles. The predicted molar refractivity (Wildman–Crippen MR) is 78.0 cm³/mol. The molecule has 102 valence electrons. The Labute approximate surface area is 109 Å². The lowest BCUT2D eigenvalue weighted by atomic mass is 9.89. The topological polar surface area (TPSA) is 21.3 Å². The highest BCUT2D eigenvalue weighted by atomic mass is 28.4. The first-order valence-corrected chi connectivity index (χ1v) is 9.86. The summed E-state index contributed by atoms with van der Waals surface area (Å²) in [5, 5.41) is 4.03. The molecule has 0 aromatic heterocycles. The van der Waals surface area contributed by atoms with E-state index in [0.717, 1.165) is 6.61 Å². The van der Waals surface area contributed by atoms with Gasteiger partial charge in [-0.2, -0.15) is 0 Å². The molecule has 0 unspecified atom stereocenters. The van der Waals surface area contributed by atoms with Crippen molar-refractivity contribution >= 4 is 8.32 Å². The number of rotatable bonds is 3. The number of nitrogens with one attached hydrogen (secondary N) is 1. The first-order valence-electron chi connectivity index (χ1n) is 6.95. The van der Waals surface area contributed by atoms with Crippen molar-refractivity contribution in [1.29, 1.82) is 0 Å². The van der Waals surface area contributed by atoms with E-state index in [9.17, 15) is 0 Å². The fourth-order valence-corrected chi connectivity index (χ4v) is 3.19. The maximum atomic E-state index is 6.30. The third kappa shape index (κ3) is 4.38. The van der Waals surface area contributed by atoms with Crippen LogP contribution >= 0.6 is 0 Å². The van der Waals surface area contributed by atoms with Crippen LogP contribution < -0.4 is 5.32 Å². The average molecular weight is 257 g/mol. The van der Waals surface area contributed by atoms with Crippen molar-refractivity contribution in [3.05, 3.63) is 0 Å². The second kappa shape index (κ2) is 5.02. The van der Waals surface area contributed by atoms with Crippen molar-refractivity contribution in [2.24, 2.45) is 0 Å². The summed E-state index contributed by atoms with van der Waals surface area (Å²) in [5.41, 5.74) is 0.291. The minimum atomic E-state index is -1.58. The summed E-state index contributed by atoms with van der Waals surface area (Å²) in [7, 11) is -1.58. The Hall–Kier alpha value is 0.137.